The van der Waals surface area contributed by atoms with Gasteiger partial charge in [0.2, 0.25) is 0 Å². The number of hydrogen-bond donors (Lipinski definition) is 1. The molecule has 0 spiro atoms. The molecule has 0 aliphatic heterocycles. The molecule has 0 saturated heterocycles. The Morgan fingerprint density at radius 2 is 1.79 bits per heavy atom. The van der Waals surface area contributed by atoms with E-state index in [2.05, 4.69) is 19.2 Å². The molecule has 0 aliphatic carbocycles. The van der Waals surface area contributed by atoms with E-state index in [1.54, 1.807) is 0 Å². The first-order valence-corrected chi connectivity index (χ1v) is 7.27. The average Bonchev–Trinajstić information content (AvgIpc) is 2.25. The first kappa shape index (κ1) is 18.4. The SMILES string of the molecule is CCOC(=O)C(C)(COC(C)CC(C)C)NC(C)C. The van der Waals surface area contributed by atoms with Crippen molar-refractivity contribution in [2.45, 2.75) is 72.6 Å². The first-order chi connectivity index (χ1) is 8.71. The molecule has 0 heterocycles. The summed E-state index contributed by atoms with van der Waals surface area (Å²) in [6, 6.07) is 0.193. The highest BCUT2D eigenvalue weighted by molar-refractivity contribution is 5.80. The van der Waals surface area contributed by atoms with Gasteiger partial charge in [0.15, 0.2) is 0 Å². The number of nitrogens with one attached hydrogen (secondary N) is 1. The Labute approximate surface area is 118 Å². The Balaban J connectivity index is 4.54. The zero-order valence-corrected chi connectivity index (χ0v) is 13.6. The Kier molecular flexibility index (Phi) is 8.26. The van der Waals surface area contributed by atoms with Crippen LogP contribution in [0.15, 0.2) is 0 Å². The fourth-order valence-electron chi connectivity index (χ4n) is 2.13. The summed E-state index contributed by atoms with van der Waals surface area (Å²) in [7, 11) is 0. The van der Waals surface area contributed by atoms with Gasteiger partial charge in [0.05, 0.1) is 19.3 Å². The molecule has 0 fully saturated rings. The molecule has 0 aliphatic rings. The second-order valence-electron chi connectivity index (χ2n) is 6.10. The van der Waals surface area contributed by atoms with Crippen LogP contribution < -0.4 is 5.32 Å². The number of hydrogen-bond acceptors (Lipinski definition) is 4. The maximum absolute atomic E-state index is 12.1. The summed E-state index contributed by atoms with van der Waals surface area (Å²) in [5.41, 5.74) is -0.782. The summed E-state index contributed by atoms with van der Waals surface area (Å²) in [5, 5.41) is 3.25. The number of carbonyl (C=O) groups excluding carboxylic acids is 1. The summed E-state index contributed by atoms with van der Waals surface area (Å²) in [6.07, 6.45) is 1.13. The van der Waals surface area contributed by atoms with Crippen LogP contribution in [0.25, 0.3) is 0 Å². The quantitative estimate of drug-likeness (QED) is 0.656. The van der Waals surface area contributed by atoms with Gasteiger partial charge in [-0.2, -0.15) is 0 Å². The fourth-order valence-corrected chi connectivity index (χ4v) is 2.13. The molecule has 0 rings (SSSR count). The fraction of sp³-hybridized carbons (Fsp3) is 0.933. The first-order valence-electron chi connectivity index (χ1n) is 7.27. The predicted octanol–water partition coefficient (Wildman–Crippen LogP) is 2.76. The van der Waals surface area contributed by atoms with Crippen LogP contribution in [0.2, 0.25) is 0 Å². The number of rotatable bonds is 9. The van der Waals surface area contributed by atoms with Crippen LogP contribution in [0, 0.1) is 5.92 Å². The third-order valence-corrected chi connectivity index (χ3v) is 2.79. The lowest BCUT2D eigenvalue weighted by atomic mass is 10.0. The van der Waals surface area contributed by atoms with E-state index in [0.29, 0.717) is 19.1 Å². The number of ether oxygens (including phenoxy) is 2. The Hall–Kier alpha value is -0.610. The van der Waals surface area contributed by atoms with Crippen molar-refractivity contribution >= 4 is 5.97 Å². The van der Waals surface area contributed by atoms with E-state index < -0.39 is 5.54 Å². The molecule has 0 aromatic heterocycles. The molecular formula is C15H31NO3. The van der Waals surface area contributed by atoms with Gasteiger partial charge in [-0.1, -0.05) is 13.8 Å². The van der Waals surface area contributed by atoms with Gasteiger partial charge < -0.3 is 9.47 Å². The molecule has 0 saturated carbocycles. The number of carbonyl (C=O) groups is 1. The Morgan fingerprint density at radius 3 is 2.21 bits per heavy atom. The van der Waals surface area contributed by atoms with Crippen molar-refractivity contribution in [3.8, 4) is 0 Å². The second kappa shape index (κ2) is 8.54. The highest BCUT2D eigenvalue weighted by atomic mass is 16.5. The molecule has 19 heavy (non-hydrogen) atoms. The van der Waals surface area contributed by atoms with Crippen molar-refractivity contribution in [2.75, 3.05) is 13.2 Å². The number of esters is 1. The van der Waals surface area contributed by atoms with Gasteiger partial charge in [0.1, 0.15) is 5.54 Å². The smallest absolute Gasteiger partial charge is 0.328 e. The van der Waals surface area contributed by atoms with E-state index >= 15 is 0 Å². The minimum atomic E-state index is -0.782. The molecule has 1 N–H and O–H groups in total. The lowest BCUT2D eigenvalue weighted by Gasteiger charge is -2.31. The minimum Gasteiger partial charge on any atom is -0.465 e. The molecule has 0 aromatic rings. The van der Waals surface area contributed by atoms with Gasteiger partial charge in [-0.25, -0.2) is 4.79 Å². The predicted molar refractivity (Wildman–Crippen MR) is 78.2 cm³/mol. The topological polar surface area (TPSA) is 47.6 Å². The summed E-state index contributed by atoms with van der Waals surface area (Å²) in [4.78, 5) is 12.1. The zero-order chi connectivity index (χ0) is 15.1. The van der Waals surface area contributed by atoms with Gasteiger partial charge in [0.25, 0.3) is 0 Å². The summed E-state index contributed by atoms with van der Waals surface area (Å²) in [5.74, 6) is 0.336. The highest BCUT2D eigenvalue weighted by Gasteiger charge is 2.36. The standard InChI is InChI=1S/C15H31NO3/c1-8-18-14(17)15(7,16-12(4)5)10-19-13(6)9-11(2)3/h11-13,16H,8-10H2,1-7H3. The van der Waals surface area contributed by atoms with E-state index in [1.807, 2.05) is 34.6 Å². The highest BCUT2D eigenvalue weighted by Crippen LogP contribution is 2.14. The molecule has 2 unspecified atom stereocenters. The lowest BCUT2D eigenvalue weighted by molar-refractivity contribution is -0.154. The maximum atomic E-state index is 12.1. The van der Waals surface area contributed by atoms with Crippen LogP contribution in [0.3, 0.4) is 0 Å². The van der Waals surface area contributed by atoms with Crippen molar-refractivity contribution in [2.24, 2.45) is 5.92 Å². The summed E-state index contributed by atoms with van der Waals surface area (Å²) >= 11 is 0. The lowest BCUT2D eigenvalue weighted by Crippen LogP contribution is -2.56. The zero-order valence-electron chi connectivity index (χ0n) is 13.6. The largest absolute Gasteiger partial charge is 0.465 e. The minimum absolute atomic E-state index is 0.141. The molecule has 0 aromatic carbocycles. The van der Waals surface area contributed by atoms with Crippen LogP contribution in [0.4, 0.5) is 0 Å². The van der Waals surface area contributed by atoms with Gasteiger partial charge in [-0.15, -0.1) is 0 Å². The van der Waals surface area contributed by atoms with E-state index in [1.165, 1.54) is 0 Å². The monoisotopic (exact) mass is 273 g/mol. The molecular weight excluding hydrogens is 242 g/mol. The molecule has 0 amide bonds. The molecule has 0 radical (unpaired) electrons. The molecule has 4 heteroatoms. The molecule has 114 valence electrons. The molecule has 2 atom stereocenters. The van der Waals surface area contributed by atoms with Crippen molar-refractivity contribution in [3.05, 3.63) is 0 Å². The van der Waals surface area contributed by atoms with Crippen LogP contribution in [-0.2, 0) is 14.3 Å². The van der Waals surface area contributed by atoms with Crippen LogP contribution in [0.5, 0.6) is 0 Å². The van der Waals surface area contributed by atoms with Crippen molar-refractivity contribution < 1.29 is 14.3 Å². The van der Waals surface area contributed by atoms with Gasteiger partial charge >= 0.3 is 5.97 Å². The van der Waals surface area contributed by atoms with Gasteiger partial charge in [0, 0.05) is 6.04 Å². The third kappa shape index (κ3) is 7.53. The maximum Gasteiger partial charge on any atom is 0.328 e. The van der Waals surface area contributed by atoms with Crippen LogP contribution >= 0.6 is 0 Å². The van der Waals surface area contributed by atoms with E-state index in [0.717, 1.165) is 6.42 Å². The molecule has 0 bridgehead atoms. The Morgan fingerprint density at radius 1 is 1.21 bits per heavy atom. The van der Waals surface area contributed by atoms with E-state index in [4.69, 9.17) is 9.47 Å². The van der Waals surface area contributed by atoms with Gasteiger partial charge in [-0.05, 0) is 47.0 Å². The van der Waals surface area contributed by atoms with E-state index in [9.17, 15) is 4.79 Å². The van der Waals surface area contributed by atoms with Gasteiger partial charge in [-0.3, -0.25) is 5.32 Å². The van der Waals surface area contributed by atoms with Crippen LogP contribution in [0.1, 0.15) is 54.9 Å². The van der Waals surface area contributed by atoms with E-state index in [-0.39, 0.29) is 18.1 Å². The van der Waals surface area contributed by atoms with Crippen molar-refractivity contribution in [1.82, 2.24) is 5.32 Å². The normalized spacial score (nSPS) is 16.5. The summed E-state index contributed by atoms with van der Waals surface area (Å²) in [6.45, 7) is 14.8. The average molecular weight is 273 g/mol. The third-order valence-electron chi connectivity index (χ3n) is 2.79. The van der Waals surface area contributed by atoms with Crippen molar-refractivity contribution in [3.63, 3.8) is 0 Å². The van der Waals surface area contributed by atoms with Crippen LogP contribution in [-0.4, -0.2) is 36.9 Å². The second-order valence-corrected chi connectivity index (χ2v) is 6.10. The summed E-state index contributed by atoms with van der Waals surface area (Å²) < 4.78 is 11.0. The van der Waals surface area contributed by atoms with Crippen molar-refractivity contribution in [1.29, 1.82) is 0 Å². The Bertz CT molecular complexity index is 266. The molecule has 4 nitrogen and oxygen atoms in total.